The van der Waals surface area contributed by atoms with E-state index < -0.39 is 44.6 Å². The number of benzene rings is 2. The molecule has 0 radical (unpaired) electrons. The molecule has 30 heavy (non-hydrogen) atoms. The van der Waals surface area contributed by atoms with Crippen molar-refractivity contribution >= 4 is 33.0 Å². The molecule has 2 aromatic carbocycles. The van der Waals surface area contributed by atoms with Crippen LogP contribution in [0.1, 0.15) is 23.6 Å². The Morgan fingerprint density at radius 2 is 1.73 bits per heavy atom. The standard InChI is InChI=1S/C19H16ClF3N2O4S/c1-2-30(28,29)11-18(27,13-4-6-14(7-5-13)19(21,22)23)17(26)25-15-8-3-12(10-24)16(20)9-15/h3-9,27H,2,11H2,1H3,(H,25,26). The van der Waals surface area contributed by atoms with Gasteiger partial charge in [0.05, 0.1) is 21.9 Å². The number of alkyl halides is 3. The van der Waals surface area contributed by atoms with Crippen LogP contribution in [0.2, 0.25) is 5.02 Å². The van der Waals surface area contributed by atoms with Gasteiger partial charge >= 0.3 is 6.18 Å². The molecule has 0 saturated heterocycles. The normalized spacial score (nSPS) is 13.9. The second-order valence-electron chi connectivity index (χ2n) is 6.37. The molecule has 6 nitrogen and oxygen atoms in total. The van der Waals surface area contributed by atoms with Gasteiger partial charge in [0.1, 0.15) is 6.07 Å². The molecule has 0 heterocycles. The molecule has 0 saturated carbocycles. The molecule has 160 valence electrons. The van der Waals surface area contributed by atoms with Gasteiger partial charge in [0.15, 0.2) is 15.4 Å². The summed E-state index contributed by atoms with van der Waals surface area (Å²) in [6.07, 6.45) is -4.65. The summed E-state index contributed by atoms with van der Waals surface area (Å²) in [6.45, 7) is 1.31. The Balaban J connectivity index is 2.47. The predicted molar refractivity (Wildman–Crippen MR) is 104 cm³/mol. The highest BCUT2D eigenvalue weighted by molar-refractivity contribution is 7.91. The van der Waals surface area contributed by atoms with E-state index in [9.17, 15) is 31.5 Å². The summed E-state index contributed by atoms with van der Waals surface area (Å²) >= 11 is 5.89. The largest absolute Gasteiger partial charge is 0.416 e. The number of anilines is 1. The number of nitrogens with zero attached hydrogens (tertiary/aromatic N) is 1. The molecule has 0 fully saturated rings. The number of hydrogen-bond donors (Lipinski definition) is 2. The maximum absolute atomic E-state index is 12.8. The molecule has 0 aliphatic rings. The minimum absolute atomic E-state index is 0.00884. The number of halogens is 4. The number of sulfone groups is 1. The topological polar surface area (TPSA) is 107 Å². The van der Waals surface area contributed by atoms with Crippen LogP contribution in [0.4, 0.5) is 18.9 Å². The van der Waals surface area contributed by atoms with Gasteiger partial charge < -0.3 is 10.4 Å². The highest BCUT2D eigenvalue weighted by atomic mass is 35.5. The molecule has 2 aromatic rings. The van der Waals surface area contributed by atoms with Crippen molar-refractivity contribution in [3.05, 3.63) is 64.2 Å². The number of carbonyl (C=O) groups is 1. The first-order valence-corrected chi connectivity index (χ1v) is 10.6. The van der Waals surface area contributed by atoms with E-state index >= 15 is 0 Å². The molecule has 0 bridgehead atoms. The first kappa shape index (κ1) is 23.7. The summed E-state index contributed by atoms with van der Waals surface area (Å²) in [7, 11) is -3.92. The van der Waals surface area contributed by atoms with E-state index in [1.165, 1.54) is 25.1 Å². The Bertz CT molecular complexity index is 1100. The molecule has 1 atom stereocenters. The van der Waals surface area contributed by atoms with Crippen LogP contribution in [0.3, 0.4) is 0 Å². The summed E-state index contributed by atoms with van der Waals surface area (Å²) in [4.78, 5) is 12.8. The SMILES string of the molecule is CCS(=O)(=O)CC(O)(C(=O)Nc1ccc(C#N)c(Cl)c1)c1ccc(C(F)(F)F)cc1. The summed E-state index contributed by atoms with van der Waals surface area (Å²) in [5.74, 6) is -2.62. The molecule has 0 aliphatic carbocycles. The fourth-order valence-corrected chi connectivity index (χ4v) is 3.91. The summed E-state index contributed by atoms with van der Waals surface area (Å²) in [5, 5.41) is 22.2. The average Bonchev–Trinajstić information content (AvgIpc) is 2.67. The lowest BCUT2D eigenvalue weighted by atomic mass is 9.93. The molecule has 1 unspecified atom stereocenters. The van der Waals surface area contributed by atoms with Crippen LogP contribution in [0.5, 0.6) is 0 Å². The molecule has 0 aliphatic heterocycles. The molecule has 2 N–H and O–H groups in total. The van der Waals surface area contributed by atoms with Gasteiger partial charge in [0.25, 0.3) is 5.91 Å². The van der Waals surface area contributed by atoms with Crippen LogP contribution in [-0.4, -0.2) is 30.9 Å². The predicted octanol–water partition coefficient (Wildman–Crippen LogP) is 3.49. The van der Waals surface area contributed by atoms with Crippen molar-refractivity contribution in [3.63, 3.8) is 0 Å². The number of nitrogens with one attached hydrogen (secondary N) is 1. The van der Waals surface area contributed by atoms with Gasteiger partial charge in [-0.1, -0.05) is 30.7 Å². The van der Waals surface area contributed by atoms with Crippen molar-refractivity contribution in [1.82, 2.24) is 0 Å². The van der Waals surface area contributed by atoms with Crippen molar-refractivity contribution in [2.24, 2.45) is 0 Å². The van der Waals surface area contributed by atoms with E-state index in [0.717, 1.165) is 12.1 Å². The minimum Gasteiger partial charge on any atom is -0.374 e. The highest BCUT2D eigenvalue weighted by Gasteiger charge is 2.42. The van der Waals surface area contributed by atoms with Gasteiger partial charge in [-0.05, 0) is 35.9 Å². The number of rotatable bonds is 6. The fraction of sp³-hybridized carbons (Fsp3) is 0.263. The second-order valence-corrected chi connectivity index (χ2v) is 9.13. The third-order valence-electron chi connectivity index (χ3n) is 4.28. The van der Waals surface area contributed by atoms with Gasteiger partial charge in [-0.3, -0.25) is 4.79 Å². The van der Waals surface area contributed by atoms with Gasteiger partial charge in [-0.2, -0.15) is 18.4 Å². The molecule has 1 amide bonds. The Morgan fingerprint density at radius 1 is 1.17 bits per heavy atom. The van der Waals surface area contributed by atoms with Crippen molar-refractivity contribution < 1.29 is 31.5 Å². The number of amides is 1. The van der Waals surface area contributed by atoms with E-state index in [-0.39, 0.29) is 21.8 Å². The van der Waals surface area contributed by atoms with E-state index in [4.69, 9.17) is 16.9 Å². The zero-order chi connectivity index (χ0) is 22.7. The molecule has 0 aromatic heterocycles. The first-order valence-electron chi connectivity index (χ1n) is 8.44. The van der Waals surface area contributed by atoms with Crippen molar-refractivity contribution in [1.29, 1.82) is 5.26 Å². The van der Waals surface area contributed by atoms with E-state index in [0.29, 0.717) is 12.1 Å². The molecular weight excluding hydrogens is 445 g/mol. The summed E-state index contributed by atoms with van der Waals surface area (Å²) < 4.78 is 62.7. The quantitative estimate of drug-likeness (QED) is 0.686. The lowest BCUT2D eigenvalue weighted by Crippen LogP contribution is -2.46. The number of hydrogen-bond acceptors (Lipinski definition) is 5. The monoisotopic (exact) mass is 460 g/mol. The molecule has 0 spiro atoms. The second kappa shape index (κ2) is 8.63. The van der Waals surface area contributed by atoms with Crippen LogP contribution in [0.25, 0.3) is 0 Å². The van der Waals surface area contributed by atoms with E-state index in [1.54, 1.807) is 0 Å². The van der Waals surface area contributed by atoms with Crippen molar-refractivity contribution in [2.45, 2.75) is 18.7 Å². The van der Waals surface area contributed by atoms with Gasteiger partial charge in [-0.25, -0.2) is 8.42 Å². The lowest BCUT2D eigenvalue weighted by Gasteiger charge is -2.27. The third kappa shape index (κ3) is 5.30. The maximum Gasteiger partial charge on any atom is 0.416 e. The molecule has 11 heteroatoms. The first-order chi connectivity index (χ1) is 13.8. The maximum atomic E-state index is 12.8. The van der Waals surface area contributed by atoms with Gasteiger partial charge in [-0.15, -0.1) is 0 Å². The number of aliphatic hydroxyl groups is 1. The van der Waals surface area contributed by atoms with Gasteiger partial charge in [0.2, 0.25) is 0 Å². The molecule has 2 rings (SSSR count). The zero-order valence-corrected chi connectivity index (χ0v) is 17.1. The van der Waals surface area contributed by atoms with E-state index in [2.05, 4.69) is 5.32 Å². The van der Waals surface area contributed by atoms with Crippen LogP contribution in [0, 0.1) is 11.3 Å². The Kier molecular flexibility index (Phi) is 6.81. The Morgan fingerprint density at radius 3 is 2.20 bits per heavy atom. The smallest absolute Gasteiger partial charge is 0.374 e. The fourth-order valence-electron chi connectivity index (χ4n) is 2.55. The van der Waals surface area contributed by atoms with Crippen LogP contribution in [0.15, 0.2) is 42.5 Å². The van der Waals surface area contributed by atoms with Crippen molar-refractivity contribution in [2.75, 3.05) is 16.8 Å². The summed E-state index contributed by atoms with van der Waals surface area (Å²) in [5.41, 5.74) is -3.83. The zero-order valence-electron chi connectivity index (χ0n) is 15.5. The Hall–Kier alpha value is -2.61. The minimum atomic E-state index is -4.65. The number of carbonyl (C=O) groups excluding carboxylic acids is 1. The van der Waals surface area contributed by atoms with E-state index in [1.807, 2.05) is 6.07 Å². The number of nitriles is 1. The van der Waals surface area contributed by atoms with Crippen LogP contribution < -0.4 is 5.32 Å². The Labute approximate surface area is 175 Å². The third-order valence-corrected chi connectivity index (χ3v) is 6.33. The lowest BCUT2D eigenvalue weighted by molar-refractivity contribution is -0.137. The summed E-state index contributed by atoms with van der Waals surface area (Å²) in [6, 6.07) is 8.64. The van der Waals surface area contributed by atoms with Crippen LogP contribution in [-0.2, 0) is 26.4 Å². The average molecular weight is 461 g/mol. The van der Waals surface area contributed by atoms with Crippen molar-refractivity contribution in [3.8, 4) is 6.07 Å². The van der Waals surface area contributed by atoms with Gasteiger partial charge in [0, 0.05) is 11.4 Å². The van der Waals surface area contributed by atoms with Crippen LogP contribution >= 0.6 is 11.6 Å². The highest BCUT2D eigenvalue weighted by Crippen LogP contribution is 2.32. The molecular formula is C19H16ClF3N2O4S.